The molecule has 0 radical (unpaired) electrons. The van der Waals surface area contributed by atoms with Crippen molar-refractivity contribution in [3.63, 3.8) is 0 Å². The summed E-state index contributed by atoms with van der Waals surface area (Å²) in [6, 6.07) is 64.8. The van der Waals surface area contributed by atoms with Gasteiger partial charge in [-0.05, 0) is 83.6 Å². The number of fused-ring (bicyclic) bond motifs is 9. The highest BCUT2D eigenvalue weighted by Gasteiger charge is 2.20. The van der Waals surface area contributed by atoms with E-state index in [4.69, 9.17) is 9.97 Å². The second kappa shape index (κ2) is 11.2. The summed E-state index contributed by atoms with van der Waals surface area (Å²) in [6.07, 6.45) is 0. The van der Waals surface area contributed by atoms with E-state index in [1.54, 1.807) is 0 Å². The molecule has 0 atom stereocenters. The molecule has 4 nitrogen and oxygen atoms in total. The summed E-state index contributed by atoms with van der Waals surface area (Å²) in [6.45, 7) is 0. The first-order chi connectivity index (χ1) is 25.8. The number of rotatable bonds is 4. The van der Waals surface area contributed by atoms with E-state index in [-0.39, 0.29) is 0 Å². The minimum Gasteiger partial charge on any atom is -0.309 e. The Labute approximate surface area is 299 Å². The molecule has 0 amide bonds. The van der Waals surface area contributed by atoms with Gasteiger partial charge in [0.1, 0.15) is 0 Å². The van der Waals surface area contributed by atoms with Crippen LogP contribution in [0.25, 0.3) is 99.3 Å². The summed E-state index contributed by atoms with van der Waals surface area (Å²) >= 11 is 0. The lowest BCUT2D eigenvalue weighted by Gasteiger charge is -2.12. The second-order valence-corrected chi connectivity index (χ2v) is 13.4. The topological polar surface area (TPSA) is 35.6 Å². The summed E-state index contributed by atoms with van der Waals surface area (Å²) in [7, 11) is 0. The van der Waals surface area contributed by atoms with Crippen molar-refractivity contribution < 1.29 is 0 Å². The monoisotopic (exact) mass is 662 g/mol. The van der Waals surface area contributed by atoms with E-state index in [0.29, 0.717) is 5.82 Å². The third-order valence-electron chi connectivity index (χ3n) is 10.5. The SMILES string of the molecule is c1ccc(-n2c3ccccc3c3c4c5ccccc5n(-c5ccc(-c6nc(-c7ccc8ccccc8c7)c7ccccc7n6)cc5)c4ccc32)cc1. The third-order valence-corrected chi connectivity index (χ3v) is 10.5. The Kier molecular flexibility index (Phi) is 6.22. The lowest BCUT2D eigenvalue weighted by atomic mass is 10.0. The molecule has 4 heteroatoms. The van der Waals surface area contributed by atoms with Gasteiger partial charge in [0.25, 0.3) is 0 Å². The molecule has 0 aliphatic rings. The van der Waals surface area contributed by atoms with Crippen molar-refractivity contribution in [2.24, 2.45) is 0 Å². The predicted molar refractivity (Wildman–Crippen MR) is 217 cm³/mol. The van der Waals surface area contributed by atoms with Crippen molar-refractivity contribution in [2.75, 3.05) is 0 Å². The highest BCUT2D eigenvalue weighted by molar-refractivity contribution is 6.28. The molecule has 0 bridgehead atoms. The highest BCUT2D eigenvalue weighted by atomic mass is 15.0. The number of hydrogen-bond donors (Lipinski definition) is 0. The fourth-order valence-electron chi connectivity index (χ4n) is 8.17. The van der Waals surface area contributed by atoms with Crippen LogP contribution in [-0.4, -0.2) is 19.1 Å². The summed E-state index contributed by atoms with van der Waals surface area (Å²) in [5, 5.41) is 8.48. The summed E-state index contributed by atoms with van der Waals surface area (Å²) in [5.41, 5.74) is 10.9. The van der Waals surface area contributed by atoms with Gasteiger partial charge in [-0.2, -0.15) is 0 Å². The average molecular weight is 663 g/mol. The van der Waals surface area contributed by atoms with Crippen LogP contribution in [0.1, 0.15) is 0 Å². The van der Waals surface area contributed by atoms with E-state index in [2.05, 4.69) is 185 Å². The molecule has 3 heterocycles. The van der Waals surface area contributed by atoms with Crippen molar-refractivity contribution in [1.82, 2.24) is 19.1 Å². The number of hydrogen-bond acceptors (Lipinski definition) is 2. The molecule has 11 aromatic rings. The van der Waals surface area contributed by atoms with Gasteiger partial charge in [-0.3, -0.25) is 0 Å². The van der Waals surface area contributed by atoms with Crippen LogP contribution in [0.2, 0.25) is 0 Å². The van der Waals surface area contributed by atoms with Crippen LogP contribution in [0.4, 0.5) is 0 Å². The van der Waals surface area contributed by atoms with Crippen molar-refractivity contribution in [2.45, 2.75) is 0 Å². The van der Waals surface area contributed by atoms with Crippen LogP contribution in [0, 0.1) is 0 Å². The van der Waals surface area contributed by atoms with Gasteiger partial charge < -0.3 is 9.13 Å². The zero-order valence-corrected chi connectivity index (χ0v) is 28.1. The van der Waals surface area contributed by atoms with E-state index >= 15 is 0 Å². The number of nitrogens with zero attached hydrogens (tertiary/aromatic N) is 4. The Balaban J connectivity index is 1.09. The van der Waals surface area contributed by atoms with Gasteiger partial charge in [-0.15, -0.1) is 0 Å². The van der Waals surface area contributed by atoms with Crippen LogP contribution in [0.3, 0.4) is 0 Å². The maximum Gasteiger partial charge on any atom is 0.160 e. The lowest BCUT2D eigenvalue weighted by molar-refractivity contribution is 1.17. The van der Waals surface area contributed by atoms with E-state index in [1.165, 1.54) is 54.4 Å². The minimum absolute atomic E-state index is 0.714. The van der Waals surface area contributed by atoms with Crippen LogP contribution in [-0.2, 0) is 0 Å². The summed E-state index contributed by atoms with van der Waals surface area (Å²) < 4.78 is 4.78. The molecule has 52 heavy (non-hydrogen) atoms. The maximum atomic E-state index is 5.21. The Bertz CT molecular complexity index is 3170. The molecular formula is C48H30N4. The Morgan fingerprint density at radius 1 is 0.346 bits per heavy atom. The van der Waals surface area contributed by atoms with Crippen LogP contribution in [0.5, 0.6) is 0 Å². The molecule has 0 aliphatic carbocycles. The van der Waals surface area contributed by atoms with Gasteiger partial charge in [0.2, 0.25) is 0 Å². The molecule has 0 unspecified atom stereocenters. The molecule has 0 fully saturated rings. The molecular weight excluding hydrogens is 633 g/mol. The smallest absolute Gasteiger partial charge is 0.160 e. The molecule has 8 aromatic carbocycles. The van der Waals surface area contributed by atoms with Gasteiger partial charge in [0.05, 0.1) is 33.3 Å². The maximum absolute atomic E-state index is 5.21. The number of aromatic nitrogens is 4. The molecule has 242 valence electrons. The first-order valence-electron chi connectivity index (χ1n) is 17.7. The molecule has 3 aromatic heterocycles. The van der Waals surface area contributed by atoms with Crippen molar-refractivity contribution >= 4 is 65.3 Å². The normalized spacial score (nSPS) is 11.8. The van der Waals surface area contributed by atoms with Gasteiger partial charge >= 0.3 is 0 Å². The van der Waals surface area contributed by atoms with Crippen molar-refractivity contribution in [3.8, 4) is 34.0 Å². The van der Waals surface area contributed by atoms with Gasteiger partial charge in [0.15, 0.2) is 5.82 Å². The van der Waals surface area contributed by atoms with E-state index in [1.807, 2.05) is 6.07 Å². The number of para-hydroxylation sites is 4. The Hall–Kier alpha value is -7.04. The number of benzene rings is 8. The largest absolute Gasteiger partial charge is 0.309 e. The third kappa shape index (κ3) is 4.28. The van der Waals surface area contributed by atoms with E-state index < -0.39 is 0 Å². The van der Waals surface area contributed by atoms with Crippen LogP contribution in [0.15, 0.2) is 182 Å². The van der Waals surface area contributed by atoms with Crippen LogP contribution >= 0.6 is 0 Å². The van der Waals surface area contributed by atoms with Gasteiger partial charge in [-0.1, -0.05) is 109 Å². The molecule has 0 saturated carbocycles. The van der Waals surface area contributed by atoms with Crippen LogP contribution < -0.4 is 0 Å². The van der Waals surface area contributed by atoms with Gasteiger partial charge in [-0.25, -0.2) is 9.97 Å². The zero-order chi connectivity index (χ0) is 34.2. The lowest BCUT2D eigenvalue weighted by Crippen LogP contribution is -1.97. The molecule has 0 aliphatic heterocycles. The predicted octanol–water partition coefficient (Wildman–Crippen LogP) is 12.3. The van der Waals surface area contributed by atoms with Gasteiger partial charge in [0, 0.05) is 49.4 Å². The fourth-order valence-corrected chi connectivity index (χ4v) is 8.17. The minimum atomic E-state index is 0.714. The zero-order valence-electron chi connectivity index (χ0n) is 28.1. The summed E-state index contributed by atoms with van der Waals surface area (Å²) in [5.74, 6) is 0.714. The molecule has 11 rings (SSSR count). The van der Waals surface area contributed by atoms with Crippen molar-refractivity contribution in [1.29, 1.82) is 0 Å². The average Bonchev–Trinajstić information content (AvgIpc) is 3.73. The fraction of sp³-hybridized carbons (Fsp3) is 0. The molecule has 0 N–H and O–H groups in total. The first-order valence-corrected chi connectivity index (χ1v) is 17.7. The molecule has 0 saturated heterocycles. The quantitative estimate of drug-likeness (QED) is 0.188. The summed E-state index contributed by atoms with van der Waals surface area (Å²) in [4.78, 5) is 10.3. The standard InChI is InChI=1S/C48H30N4/c1-2-14-35(15-3-1)51-41-20-10-7-17-38(41)45-43(51)28-29-44-46(45)39-18-8-11-21-42(39)52(44)36-26-24-32(25-27-36)48-49-40-19-9-6-16-37(40)47(50-48)34-23-22-31-12-4-5-13-33(31)30-34/h1-30H. The first kappa shape index (κ1) is 28.8. The van der Waals surface area contributed by atoms with E-state index in [0.717, 1.165) is 39.1 Å². The Morgan fingerprint density at radius 3 is 1.58 bits per heavy atom. The highest BCUT2D eigenvalue weighted by Crippen LogP contribution is 2.42. The van der Waals surface area contributed by atoms with E-state index in [9.17, 15) is 0 Å². The molecule has 0 spiro atoms. The second-order valence-electron chi connectivity index (χ2n) is 13.4. The Morgan fingerprint density at radius 2 is 0.885 bits per heavy atom. The van der Waals surface area contributed by atoms with Crippen molar-refractivity contribution in [3.05, 3.63) is 182 Å².